The SMILES string of the molecule is CCC(CC)(CNC(=NC)NCCc1nc(C(C)C)no1)NC(=O)OC(C)(C)C.I. The van der Waals surface area contributed by atoms with Crippen molar-refractivity contribution in [1.82, 2.24) is 26.1 Å². The molecule has 1 aromatic rings. The van der Waals surface area contributed by atoms with E-state index >= 15 is 0 Å². The first-order valence-electron chi connectivity index (χ1n) is 10.3. The van der Waals surface area contributed by atoms with Crippen molar-refractivity contribution in [3.05, 3.63) is 11.7 Å². The van der Waals surface area contributed by atoms with E-state index in [2.05, 4.69) is 31.1 Å². The monoisotopic (exact) mass is 538 g/mol. The molecule has 30 heavy (non-hydrogen) atoms. The lowest BCUT2D eigenvalue weighted by molar-refractivity contribution is 0.0448. The van der Waals surface area contributed by atoms with E-state index in [1.54, 1.807) is 7.05 Å². The second kappa shape index (κ2) is 13.0. The average Bonchev–Trinajstić information content (AvgIpc) is 3.11. The van der Waals surface area contributed by atoms with Gasteiger partial charge >= 0.3 is 6.09 Å². The van der Waals surface area contributed by atoms with Gasteiger partial charge in [-0.3, -0.25) is 4.99 Å². The highest BCUT2D eigenvalue weighted by Gasteiger charge is 2.30. The Morgan fingerprint density at radius 1 is 1.20 bits per heavy atom. The van der Waals surface area contributed by atoms with Crippen LogP contribution in [0, 0.1) is 0 Å². The zero-order valence-electron chi connectivity index (χ0n) is 19.6. The summed E-state index contributed by atoms with van der Waals surface area (Å²) in [7, 11) is 1.71. The lowest BCUT2D eigenvalue weighted by Gasteiger charge is -2.34. The summed E-state index contributed by atoms with van der Waals surface area (Å²) >= 11 is 0. The predicted octanol–water partition coefficient (Wildman–Crippen LogP) is 3.60. The highest BCUT2D eigenvalue weighted by Crippen LogP contribution is 2.16. The van der Waals surface area contributed by atoms with Gasteiger partial charge in [0.15, 0.2) is 11.8 Å². The second-order valence-corrected chi connectivity index (χ2v) is 8.42. The maximum atomic E-state index is 12.3. The molecule has 0 aliphatic heterocycles. The van der Waals surface area contributed by atoms with E-state index in [1.807, 2.05) is 48.5 Å². The predicted molar refractivity (Wildman–Crippen MR) is 130 cm³/mol. The first-order valence-corrected chi connectivity index (χ1v) is 10.3. The van der Waals surface area contributed by atoms with Gasteiger partial charge in [0.25, 0.3) is 0 Å². The minimum absolute atomic E-state index is 0. The van der Waals surface area contributed by atoms with Crippen molar-refractivity contribution >= 4 is 36.0 Å². The van der Waals surface area contributed by atoms with E-state index in [9.17, 15) is 4.79 Å². The molecule has 3 N–H and O–H groups in total. The van der Waals surface area contributed by atoms with Crippen molar-refractivity contribution in [2.24, 2.45) is 4.99 Å². The van der Waals surface area contributed by atoms with E-state index < -0.39 is 17.2 Å². The van der Waals surface area contributed by atoms with Gasteiger partial charge in [0, 0.05) is 32.5 Å². The minimum atomic E-state index is -0.535. The highest BCUT2D eigenvalue weighted by molar-refractivity contribution is 14.0. The molecule has 9 nitrogen and oxygen atoms in total. The van der Waals surface area contributed by atoms with Crippen LogP contribution >= 0.6 is 24.0 Å². The van der Waals surface area contributed by atoms with E-state index in [-0.39, 0.29) is 29.9 Å². The van der Waals surface area contributed by atoms with Gasteiger partial charge in [-0.15, -0.1) is 24.0 Å². The average molecular weight is 538 g/mol. The van der Waals surface area contributed by atoms with Gasteiger partial charge in [-0.25, -0.2) is 4.79 Å². The molecule has 1 rings (SSSR count). The van der Waals surface area contributed by atoms with Crippen molar-refractivity contribution in [1.29, 1.82) is 0 Å². The standard InChI is InChI=1S/C20H38N6O3.HI/c1-9-20(10-2,25-18(27)28-19(5,6)7)13-23-17(21-8)22-12-11-15-24-16(14(3)4)26-29-15;/h14H,9-13H2,1-8H3,(H,25,27)(H2,21,22,23);1H. The first kappa shape index (κ1) is 28.4. The van der Waals surface area contributed by atoms with Crippen LogP contribution in [0.3, 0.4) is 0 Å². The molecule has 0 aliphatic rings. The van der Waals surface area contributed by atoms with Crippen molar-refractivity contribution in [2.75, 3.05) is 20.1 Å². The summed E-state index contributed by atoms with van der Waals surface area (Å²) in [5.74, 6) is 2.19. The smallest absolute Gasteiger partial charge is 0.408 e. The summed E-state index contributed by atoms with van der Waals surface area (Å²) in [5.41, 5.74) is -0.967. The molecule has 174 valence electrons. The van der Waals surface area contributed by atoms with E-state index in [0.29, 0.717) is 37.2 Å². The second-order valence-electron chi connectivity index (χ2n) is 8.42. The molecule has 0 aromatic carbocycles. The van der Waals surface area contributed by atoms with Crippen LogP contribution in [0.5, 0.6) is 0 Å². The molecule has 0 atom stereocenters. The van der Waals surface area contributed by atoms with Crippen molar-refractivity contribution in [2.45, 2.75) is 84.8 Å². The number of hydrogen-bond acceptors (Lipinski definition) is 6. The molecule has 10 heteroatoms. The lowest BCUT2D eigenvalue weighted by atomic mass is 9.93. The fourth-order valence-corrected chi connectivity index (χ4v) is 2.61. The molecule has 0 fully saturated rings. The Morgan fingerprint density at radius 3 is 2.30 bits per heavy atom. The molecule has 0 aliphatic carbocycles. The van der Waals surface area contributed by atoms with Crippen molar-refractivity contribution < 1.29 is 14.1 Å². The molecule has 0 saturated carbocycles. The zero-order chi connectivity index (χ0) is 22.1. The van der Waals surface area contributed by atoms with Crippen LogP contribution in [0.25, 0.3) is 0 Å². The largest absolute Gasteiger partial charge is 0.444 e. The van der Waals surface area contributed by atoms with Gasteiger partial charge in [-0.1, -0.05) is 32.9 Å². The van der Waals surface area contributed by atoms with E-state index in [1.165, 1.54) is 0 Å². The summed E-state index contributed by atoms with van der Waals surface area (Å²) in [6.07, 6.45) is 1.70. The molecule has 0 saturated heterocycles. The number of aromatic nitrogens is 2. The molecular weight excluding hydrogens is 499 g/mol. The number of amides is 1. The number of ether oxygens (including phenoxy) is 1. The summed E-state index contributed by atoms with van der Waals surface area (Å²) in [6, 6.07) is 0. The van der Waals surface area contributed by atoms with E-state index in [0.717, 1.165) is 12.8 Å². The molecular formula is C20H39IN6O3. The molecule has 0 spiro atoms. The maximum Gasteiger partial charge on any atom is 0.408 e. The number of nitrogens with zero attached hydrogens (tertiary/aromatic N) is 3. The summed E-state index contributed by atoms with van der Waals surface area (Å²) in [4.78, 5) is 20.9. The fraction of sp³-hybridized carbons (Fsp3) is 0.800. The van der Waals surface area contributed by atoms with Crippen LogP contribution < -0.4 is 16.0 Å². The number of nitrogens with one attached hydrogen (secondary N) is 3. The van der Waals surface area contributed by atoms with E-state index in [4.69, 9.17) is 9.26 Å². The molecule has 1 amide bonds. The zero-order valence-corrected chi connectivity index (χ0v) is 21.9. The van der Waals surface area contributed by atoms with Crippen molar-refractivity contribution in [3.63, 3.8) is 0 Å². The van der Waals surface area contributed by atoms with Gasteiger partial charge in [-0.2, -0.15) is 4.98 Å². The van der Waals surface area contributed by atoms with Crippen LogP contribution in [0.2, 0.25) is 0 Å². The van der Waals surface area contributed by atoms with Crippen LogP contribution in [-0.4, -0.2) is 53.5 Å². The number of aliphatic imine (C=N–C) groups is 1. The molecule has 0 unspecified atom stereocenters. The quantitative estimate of drug-likeness (QED) is 0.250. The number of halogens is 1. The van der Waals surface area contributed by atoms with Gasteiger partial charge in [-0.05, 0) is 33.6 Å². The lowest BCUT2D eigenvalue weighted by Crippen LogP contribution is -2.57. The maximum absolute atomic E-state index is 12.3. The highest BCUT2D eigenvalue weighted by atomic mass is 127. The Bertz CT molecular complexity index is 666. The number of rotatable bonds is 9. The van der Waals surface area contributed by atoms with Gasteiger partial charge in [0.1, 0.15) is 5.60 Å². The Labute approximate surface area is 197 Å². The van der Waals surface area contributed by atoms with Gasteiger partial charge < -0.3 is 25.2 Å². The Morgan fingerprint density at radius 2 is 1.83 bits per heavy atom. The summed E-state index contributed by atoms with van der Waals surface area (Å²) in [5, 5.41) is 13.5. The third kappa shape index (κ3) is 9.94. The normalized spacial score (nSPS) is 12.4. The number of guanidine groups is 1. The fourth-order valence-electron chi connectivity index (χ4n) is 2.61. The topological polar surface area (TPSA) is 114 Å². The summed E-state index contributed by atoms with van der Waals surface area (Å²) in [6.45, 7) is 14.8. The Hall–Kier alpha value is -1.59. The number of carbonyl (C=O) groups excluding carboxylic acids is 1. The third-order valence-electron chi connectivity index (χ3n) is 4.57. The summed E-state index contributed by atoms with van der Waals surface area (Å²) < 4.78 is 10.7. The number of alkyl carbamates (subject to hydrolysis) is 1. The Balaban J connectivity index is 0.00000841. The van der Waals surface area contributed by atoms with Crippen LogP contribution in [0.1, 0.15) is 78.9 Å². The molecule has 1 aromatic heterocycles. The minimum Gasteiger partial charge on any atom is -0.444 e. The first-order chi connectivity index (χ1) is 13.5. The van der Waals surface area contributed by atoms with Gasteiger partial charge in [0.2, 0.25) is 5.89 Å². The van der Waals surface area contributed by atoms with Crippen molar-refractivity contribution in [3.8, 4) is 0 Å². The van der Waals surface area contributed by atoms with Crippen LogP contribution in [0.4, 0.5) is 4.79 Å². The third-order valence-corrected chi connectivity index (χ3v) is 4.57. The van der Waals surface area contributed by atoms with Crippen LogP contribution in [-0.2, 0) is 11.2 Å². The number of carbonyl (C=O) groups is 1. The molecule has 0 bridgehead atoms. The van der Waals surface area contributed by atoms with Crippen LogP contribution in [0.15, 0.2) is 9.52 Å². The Kier molecular flexibility index (Phi) is 12.3. The molecule has 1 heterocycles. The molecule has 0 radical (unpaired) electrons. The van der Waals surface area contributed by atoms with Gasteiger partial charge in [0.05, 0.1) is 5.54 Å². The number of hydrogen-bond donors (Lipinski definition) is 3.